The topological polar surface area (TPSA) is 56.0 Å². The monoisotopic (exact) mass is 328 g/mol. The van der Waals surface area contributed by atoms with Crippen molar-refractivity contribution >= 4 is 28.8 Å². The lowest BCUT2D eigenvalue weighted by molar-refractivity contribution is -0.117. The van der Waals surface area contributed by atoms with Crippen LogP contribution in [0.25, 0.3) is 21.8 Å². The summed E-state index contributed by atoms with van der Waals surface area (Å²) in [4.78, 5) is 16.9. The van der Waals surface area contributed by atoms with Gasteiger partial charge < -0.3 is 5.73 Å². The molecule has 0 aliphatic carbocycles. The van der Waals surface area contributed by atoms with Crippen LogP contribution in [0.4, 0.5) is 0 Å². The Kier molecular flexibility index (Phi) is 4.22. The van der Waals surface area contributed by atoms with Gasteiger partial charge in [0.1, 0.15) is 5.01 Å². The largest absolute Gasteiger partial charge is 0.369 e. The zero-order valence-corrected chi connectivity index (χ0v) is 13.2. The molecular weight excluding hydrogens is 316 g/mol. The quantitative estimate of drug-likeness (QED) is 0.781. The molecule has 1 heterocycles. The summed E-state index contributed by atoms with van der Waals surface area (Å²) in [5.41, 5.74) is 8.11. The van der Waals surface area contributed by atoms with Gasteiger partial charge in [0, 0.05) is 21.0 Å². The number of halogens is 1. The second kappa shape index (κ2) is 6.30. The van der Waals surface area contributed by atoms with Gasteiger partial charge in [-0.05, 0) is 12.1 Å². The molecule has 22 heavy (non-hydrogen) atoms. The first-order valence-corrected chi connectivity index (χ1v) is 7.92. The predicted molar refractivity (Wildman–Crippen MR) is 90.9 cm³/mol. The molecule has 0 unspecified atom stereocenters. The van der Waals surface area contributed by atoms with Gasteiger partial charge in [0.2, 0.25) is 5.91 Å². The lowest BCUT2D eigenvalue weighted by Gasteiger charge is -2.00. The molecule has 1 amide bonds. The van der Waals surface area contributed by atoms with Crippen LogP contribution < -0.4 is 5.73 Å². The SMILES string of the molecule is NC(=O)Cc1sc(-c2ccccc2)nc1-c1ccc(Cl)cc1. The molecule has 2 aromatic carbocycles. The van der Waals surface area contributed by atoms with E-state index in [1.165, 1.54) is 11.3 Å². The van der Waals surface area contributed by atoms with Crippen LogP contribution in [0.2, 0.25) is 5.02 Å². The third-order valence-electron chi connectivity index (χ3n) is 3.17. The number of aromatic nitrogens is 1. The molecule has 0 aliphatic rings. The average Bonchev–Trinajstić information content (AvgIpc) is 2.92. The van der Waals surface area contributed by atoms with Crippen molar-refractivity contribution in [2.45, 2.75) is 6.42 Å². The highest BCUT2D eigenvalue weighted by Gasteiger charge is 2.15. The fourth-order valence-electron chi connectivity index (χ4n) is 2.17. The highest BCUT2D eigenvalue weighted by molar-refractivity contribution is 7.15. The Morgan fingerprint density at radius 3 is 2.36 bits per heavy atom. The number of primary amides is 1. The molecule has 3 aromatic rings. The van der Waals surface area contributed by atoms with E-state index in [1.807, 2.05) is 54.6 Å². The van der Waals surface area contributed by atoms with Crippen LogP contribution in [0.15, 0.2) is 54.6 Å². The molecule has 0 atom stereocenters. The lowest BCUT2D eigenvalue weighted by Crippen LogP contribution is -2.13. The molecule has 0 fully saturated rings. The number of rotatable bonds is 4. The smallest absolute Gasteiger partial charge is 0.222 e. The van der Waals surface area contributed by atoms with E-state index in [1.54, 1.807) is 0 Å². The van der Waals surface area contributed by atoms with Gasteiger partial charge in [-0.2, -0.15) is 0 Å². The first-order chi connectivity index (χ1) is 10.6. The molecule has 110 valence electrons. The Bertz CT molecular complexity index is 797. The maximum atomic E-state index is 11.3. The molecule has 0 bridgehead atoms. The van der Waals surface area contributed by atoms with E-state index in [9.17, 15) is 4.79 Å². The molecule has 0 saturated carbocycles. The van der Waals surface area contributed by atoms with Gasteiger partial charge in [-0.15, -0.1) is 11.3 Å². The molecule has 5 heteroatoms. The summed E-state index contributed by atoms with van der Waals surface area (Å²) in [6.07, 6.45) is 0.183. The summed E-state index contributed by atoms with van der Waals surface area (Å²) in [7, 11) is 0. The van der Waals surface area contributed by atoms with E-state index < -0.39 is 0 Å². The number of nitrogens with two attached hydrogens (primary N) is 1. The number of carbonyl (C=O) groups excluding carboxylic acids is 1. The number of amides is 1. The van der Waals surface area contributed by atoms with E-state index >= 15 is 0 Å². The summed E-state index contributed by atoms with van der Waals surface area (Å²) < 4.78 is 0. The van der Waals surface area contributed by atoms with Gasteiger partial charge in [-0.25, -0.2) is 4.98 Å². The molecular formula is C17H13ClN2OS. The van der Waals surface area contributed by atoms with E-state index in [4.69, 9.17) is 22.3 Å². The van der Waals surface area contributed by atoms with Crippen molar-refractivity contribution in [3.63, 3.8) is 0 Å². The minimum Gasteiger partial charge on any atom is -0.369 e. The van der Waals surface area contributed by atoms with Crippen molar-refractivity contribution in [2.75, 3.05) is 0 Å². The van der Waals surface area contributed by atoms with Crippen molar-refractivity contribution in [1.82, 2.24) is 4.98 Å². The Hall–Kier alpha value is -2.17. The van der Waals surface area contributed by atoms with E-state index in [2.05, 4.69) is 0 Å². The second-order valence-electron chi connectivity index (χ2n) is 4.81. The zero-order chi connectivity index (χ0) is 15.5. The first-order valence-electron chi connectivity index (χ1n) is 6.73. The van der Waals surface area contributed by atoms with Crippen LogP contribution in [0.1, 0.15) is 4.88 Å². The Labute approximate surface area is 137 Å². The van der Waals surface area contributed by atoms with E-state index in [0.717, 1.165) is 26.7 Å². The molecule has 3 nitrogen and oxygen atoms in total. The number of carbonyl (C=O) groups is 1. The summed E-state index contributed by atoms with van der Waals surface area (Å²) in [5, 5.41) is 1.54. The van der Waals surface area contributed by atoms with E-state index in [-0.39, 0.29) is 12.3 Å². The molecule has 0 radical (unpaired) electrons. The van der Waals surface area contributed by atoms with E-state index in [0.29, 0.717) is 5.02 Å². The van der Waals surface area contributed by atoms with Gasteiger partial charge in [0.15, 0.2) is 0 Å². The summed E-state index contributed by atoms with van der Waals surface area (Å²) in [6.45, 7) is 0. The van der Waals surface area contributed by atoms with Gasteiger partial charge in [0.25, 0.3) is 0 Å². The van der Waals surface area contributed by atoms with Gasteiger partial charge in [-0.3, -0.25) is 4.79 Å². The van der Waals surface area contributed by atoms with Crippen LogP contribution in [0.3, 0.4) is 0 Å². The Balaban J connectivity index is 2.09. The third kappa shape index (κ3) is 3.18. The number of hydrogen-bond acceptors (Lipinski definition) is 3. The summed E-state index contributed by atoms with van der Waals surface area (Å²) in [5.74, 6) is -0.363. The fourth-order valence-corrected chi connectivity index (χ4v) is 3.39. The molecule has 2 N–H and O–H groups in total. The van der Waals surface area contributed by atoms with Crippen LogP contribution in [-0.2, 0) is 11.2 Å². The normalized spacial score (nSPS) is 10.6. The van der Waals surface area contributed by atoms with Crippen molar-refractivity contribution in [2.24, 2.45) is 5.73 Å². The van der Waals surface area contributed by atoms with Crippen LogP contribution >= 0.6 is 22.9 Å². The van der Waals surface area contributed by atoms with Crippen LogP contribution in [-0.4, -0.2) is 10.9 Å². The summed E-state index contributed by atoms with van der Waals surface area (Å²) in [6, 6.07) is 17.3. The maximum absolute atomic E-state index is 11.3. The Morgan fingerprint density at radius 1 is 1.05 bits per heavy atom. The fraction of sp³-hybridized carbons (Fsp3) is 0.0588. The standard InChI is InChI=1S/C17H13ClN2OS/c18-13-8-6-11(7-9-13)16-14(10-15(19)21)22-17(20-16)12-4-2-1-3-5-12/h1-9H,10H2,(H2,19,21). The van der Waals surface area contributed by atoms with Crippen molar-refractivity contribution < 1.29 is 4.79 Å². The molecule has 0 spiro atoms. The van der Waals surface area contributed by atoms with Crippen molar-refractivity contribution in [1.29, 1.82) is 0 Å². The first kappa shape index (κ1) is 14.8. The third-order valence-corrected chi connectivity index (χ3v) is 4.53. The van der Waals surface area contributed by atoms with Crippen LogP contribution in [0, 0.1) is 0 Å². The Morgan fingerprint density at radius 2 is 1.73 bits per heavy atom. The van der Waals surface area contributed by atoms with Gasteiger partial charge >= 0.3 is 0 Å². The maximum Gasteiger partial charge on any atom is 0.222 e. The van der Waals surface area contributed by atoms with Crippen LogP contribution in [0.5, 0.6) is 0 Å². The average molecular weight is 329 g/mol. The molecule has 3 rings (SSSR count). The number of thiazole rings is 1. The predicted octanol–water partition coefficient (Wildman–Crippen LogP) is 4.16. The number of hydrogen-bond donors (Lipinski definition) is 1. The van der Waals surface area contributed by atoms with Gasteiger partial charge in [0.05, 0.1) is 12.1 Å². The molecule has 0 aliphatic heterocycles. The van der Waals surface area contributed by atoms with Crippen molar-refractivity contribution in [3.8, 4) is 21.8 Å². The second-order valence-corrected chi connectivity index (χ2v) is 6.33. The number of nitrogens with zero attached hydrogens (tertiary/aromatic N) is 1. The molecule has 0 saturated heterocycles. The summed E-state index contributed by atoms with van der Waals surface area (Å²) >= 11 is 7.43. The lowest BCUT2D eigenvalue weighted by atomic mass is 10.1. The highest BCUT2D eigenvalue weighted by atomic mass is 35.5. The zero-order valence-electron chi connectivity index (χ0n) is 11.6. The highest BCUT2D eigenvalue weighted by Crippen LogP contribution is 2.34. The van der Waals surface area contributed by atoms with Gasteiger partial charge in [-0.1, -0.05) is 54.1 Å². The minimum absolute atomic E-state index is 0.183. The van der Waals surface area contributed by atoms with Crippen molar-refractivity contribution in [3.05, 3.63) is 64.5 Å². The minimum atomic E-state index is -0.363. The number of benzene rings is 2. The molecule has 1 aromatic heterocycles.